The fourth-order valence-electron chi connectivity index (χ4n) is 1.75. The molecule has 1 unspecified atom stereocenters. The lowest BCUT2D eigenvalue weighted by atomic mass is 9.92. The summed E-state index contributed by atoms with van der Waals surface area (Å²) in [6.07, 6.45) is 3.29. The maximum absolute atomic E-state index is 13.2. The molecule has 1 rings (SSSR count). The molecule has 0 aliphatic heterocycles. The van der Waals surface area contributed by atoms with E-state index in [1.54, 1.807) is 12.1 Å². The first-order chi connectivity index (χ1) is 6.69. The minimum atomic E-state index is -0.294. The lowest BCUT2D eigenvalue weighted by molar-refractivity contribution is 0.583. The monoisotopic (exact) mass is 195 g/mol. The standard InChI is InChI=1S/C12H18FN/c1-3-5-9(4-2)10-6-7-12(14)11(13)8-10/h6-9H,3-5,14H2,1-2H3. The second-order valence-corrected chi connectivity index (χ2v) is 3.67. The fourth-order valence-corrected chi connectivity index (χ4v) is 1.75. The van der Waals surface area contributed by atoms with Gasteiger partial charge in [0.25, 0.3) is 0 Å². The van der Waals surface area contributed by atoms with E-state index in [1.165, 1.54) is 0 Å². The van der Waals surface area contributed by atoms with Crippen molar-refractivity contribution in [3.8, 4) is 0 Å². The zero-order valence-corrected chi connectivity index (χ0v) is 8.89. The van der Waals surface area contributed by atoms with Crippen LogP contribution in [0.2, 0.25) is 0 Å². The van der Waals surface area contributed by atoms with Gasteiger partial charge in [-0.15, -0.1) is 0 Å². The number of hydrogen-bond donors (Lipinski definition) is 1. The van der Waals surface area contributed by atoms with Crippen LogP contribution in [0.15, 0.2) is 18.2 Å². The van der Waals surface area contributed by atoms with Gasteiger partial charge in [-0.1, -0.05) is 26.3 Å². The highest BCUT2D eigenvalue weighted by Gasteiger charge is 2.09. The second kappa shape index (κ2) is 4.99. The molecule has 0 aromatic heterocycles. The minimum Gasteiger partial charge on any atom is -0.396 e. The normalized spacial score (nSPS) is 12.8. The molecule has 0 aliphatic carbocycles. The van der Waals surface area contributed by atoms with Crippen LogP contribution in [0, 0.1) is 5.82 Å². The number of nitrogen functional groups attached to an aromatic ring is 1. The van der Waals surface area contributed by atoms with Crippen molar-refractivity contribution in [2.75, 3.05) is 5.73 Å². The van der Waals surface area contributed by atoms with Crippen molar-refractivity contribution in [3.63, 3.8) is 0 Å². The molecule has 0 spiro atoms. The van der Waals surface area contributed by atoms with Crippen molar-refractivity contribution in [1.29, 1.82) is 0 Å². The Morgan fingerprint density at radius 1 is 1.36 bits per heavy atom. The lowest BCUT2D eigenvalue weighted by Crippen LogP contribution is -1.99. The van der Waals surface area contributed by atoms with E-state index in [1.807, 2.05) is 6.07 Å². The van der Waals surface area contributed by atoms with Gasteiger partial charge in [-0.25, -0.2) is 4.39 Å². The molecule has 14 heavy (non-hydrogen) atoms. The number of hydrogen-bond acceptors (Lipinski definition) is 1. The van der Waals surface area contributed by atoms with E-state index in [9.17, 15) is 4.39 Å². The number of nitrogens with two attached hydrogens (primary N) is 1. The van der Waals surface area contributed by atoms with Gasteiger partial charge >= 0.3 is 0 Å². The molecule has 0 aliphatic rings. The topological polar surface area (TPSA) is 26.0 Å². The molecule has 1 aromatic rings. The summed E-state index contributed by atoms with van der Waals surface area (Å²) in [5, 5.41) is 0. The molecule has 78 valence electrons. The predicted octanol–water partition coefficient (Wildman–Crippen LogP) is 3.70. The van der Waals surface area contributed by atoms with Crippen molar-refractivity contribution < 1.29 is 4.39 Å². The average molecular weight is 195 g/mol. The van der Waals surface area contributed by atoms with Gasteiger partial charge in [0.05, 0.1) is 5.69 Å². The Morgan fingerprint density at radius 2 is 2.07 bits per heavy atom. The zero-order valence-electron chi connectivity index (χ0n) is 8.89. The van der Waals surface area contributed by atoms with Crippen LogP contribution in [-0.2, 0) is 0 Å². The van der Waals surface area contributed by atoms with E-state index in [2.05, 4.69) is 13.8 Å². The first kappa shape index (κ1) is 11.0. The van der Waals surface area contributed by atoms with Crippen LogP contribution in [0.4, 0.5) is 10.1 Å². The quantitative estimate of drug-likeness (QED) is 0.728. The Labute approximate surface area is 85.1 Å². The maximum atomic E-state index is 13.2. The fraction of sp³-hybridized carbons (Fsp3) is 0.500. The molecule has 0 saturated carbocycles. The summed E-state index contributed by atoms with van der Waals surface area (Å²) in [5.41, 5.74) is 6.74. The molecule has 0 amide bonds. The van der Waals surface area contributed by atoms with Gasteiger partial charge in [0.2, 0.25) is 0 Å². The van der Waals surface area contributed by atoms with Crippen LogP contribution in [0.3, 0.4) is 0 Å². The zero-order chi connectivity index (χ0) is 10.6. The minimum absolute atomic E-state index is 0.236. The van der Waals surface area contributed by atoms with Crippen molar-refractivity contribution in [1.82, 2.24) is 0 Å². The van der Waals surface area contributed by atoms with E-state index in [-0.39, 0.29) is 11.5 Å². The van der Waals surface area contributed by atoms with Crippen LogP contribution >= 0.6 is 0 Å². The summed E-state index contributed by atoms with van der Waals surface area (Å²) < 4.78 is 13.2. The molecule has 0 saturated heterocycles. The van der Waals surface area contributed by atoms with Crippen LogP contribution in [-0.4, -0.2) is 0 Å². The van der Waals surface area contributed by atoms with E-state index in [0.717, 1.165) is 24.8 Å². The Bertz CT molecular complexity index is 296. The van der Waals surface area contributed by atoms with Crippen LogP contribution in [0.25, 0.3) is 0 Å². The molecule has 1 nitrogen and oxygen atoms in total. The third-order valence-corrected chi connectivity index (χ3v) is 2.63. The highest BCUT2D eigenvalue weighted by atomic mass is 19.1. The molecular weight excluding hydrogens is 177 g/mol. The van der Waals surface area contributed by atoms with Gasteiger partial charge in [-0.2, -0.15) is 0 Å². The van der Waals surface area contributed by atoms with Gasteiger partial charge in [0.1, 0.15) is 5.82 Å². The molecule has 1 atom stereocenters. The van der Waals surface area contributed by atoms with Crippen molar-refractivity contribution >= 4 is 5.69 Å². The van der Waals surface area contributed by atoms with Gasteiger partial charge in [0.15, 0.2) is 0 Å². The van der Waals surface area contributed by atoms with Crippen molar-refractivity contribution in [3.05, 3.63) is 29.6 Å². The van der Waals surface area contributed by atoms with Gasteiger partial charge in [0, 0.05) is 0 Å². The van der Waals surface area contributed by atoms with Gasteiger partial charge in [-0.05, 0) is 36.5 Å². The van der Waals surface area contributed by atoms with Crippen LogP contribution in [0.1, 0.15) is 44.6 Å². The predicted molar refractivity (Wildman–Crippen MR) is 58.8 cm³/mol. The van der Waals surface area contributed by atoms with E-state index >= 15 is 0 Å². The second-order valence-electron chi connectivity index (χ2n) is 3.67. The lowest BCUT2D eigenvalue weighted by Gasteiger charge is -2.14. The smallest absolute Gasteiger partial charge is 0.146 e. The number of halogens is 1. The highest BCUT2D eigenvalue weighted by molar-refractivity contribution is 5.42. The van der Waals surface area contributed by atoms with Gasteiger partial charge in [-0.3, -0.25) is 0 Å². The SMILES string of the molecule is CCCC(CC)c1ccc(N)c(F)c1. The van der Waals surface area contributed by atoms with E-state index in [4.69, 9.17) is 5.73 Å². The molecule has 0 fully saturated rings. The number of anilines is 1. The summed E-state index contributed by atoms with van der Waals surface area (Å²) in [6, 6.07) is 5.16. The van der Waals surface area contributed by atoms with Crippen molar-refractivity contribution in [2.45, 2.75) is 39.0 Å². The number of rotatable bonds is 4. The third-order valence-electron chi connectivity index (χ3n) is 2.63. The summed E-state index contributed by atoms with van der Waals surface area (Å²) in [6.45, 7) is 4.28. The van der Waals surface area contributed by atoms with E-state index < -0.39 is 0 Å². The molecule has 0 bridgehead atoms. The molecule has 1 aromatic carbocycles. The molecule has 2 N–H and O–H groups in total. The Morgan fingerprint density at radius 3 is 2.57 bits per heavy atom. The Hall–Kier alpha value is -1.05. The third kappa shape index (κ3) is 2.47. The highest BCUT2D eigenvalue weighted by Crippen LogP contribution is 2.26. The van der Waals surface area contributed by atoms with Crippen molar-refractivity contribution in [2.24, 2.45) is 0 Å². The average Bonchev–Trinajstić information content (AvgIpc) is 2.19. The Balaban J connectivity index is 2.88. The molecular formula is C12H18FN. The molecule has 0 radical (unpaired) electrons. The van der Waals surface area contributed by atoms with Crippen LogP contribution < -0.4 is 5.73 Å². The number of benzene rings is 1. The first-order valence-electron chi connectivity index (χ1n) is 5.24. The van der Waals surface area contributed by atoms with Gasteiger partial charge < -0.3 is 5.73 Å². The first-order valence-corrected chi connectivity index (χ1v) is 5.24. The van der Waals surface area contributed by atoms with E-state index in [0.29, 0.717) is 5.92 Å². The van der Waals surface area contributed by atoms with Crippen LogP contribution in [0.5, 0.6) is 0 Å². The summed E-state index contributed by atoms with van der Waals surface area (Å²) >= 11 is 0. The Kier molecular flexibility index (Phi) is 3.93. The molecule has 2 heteroatoms. The summed E-state index contributed by atoms with van der Waals surface area (Å²) in [7, 11) is 0. The largest absolute Gasteiger partial charge is 0.396 e. The summed E-state index contributed by atoms with van der Waals surface area (Å²) in [5.74, 6) is 0.173. The summed E-state index contributed by atoms with van der Waals surface area (Å²) in [4.78, 5) is 0. The maximum Gasteiger partial charge on any atom is 0.146 e. The molecule has 0 heterocycles.